The number of carbonyl (C=O) groups is 1. The normalized spacial score (nSPS) is 19.4. The second-order valence-corrected chi connectivity index (χ2v) is 4.88. The van der Waals surface area contributed by atoms with Crippen molar-refractivity contribution in [2.75, 3.05) is 20.1 Å². The van der Waals surface area contributed by atoms with Crippen LogP contribution in [0, 0.1) is 13.8 Å². The van der Waals surface area contributed by atoms with Gasteiger partial charge in [-0.15, -0.1) is 0 Å². The molecule has 1 unspecified atom stereocenters. The fourth-order valence-electron chi connectivity index (χ4n) is 2.29. The fraction of sp³-hybridized carbons (Fsp3) is 0.500. The molecule has 17 heavy (non-hydrogen) atoms. The largest absolute Gasteiger partial charge is 0.337 e. The van der Waals surface area contributed by atoms with Crippen molar-refractivity contribution < 1.29 is 4.79 Å². The van der Waals surface area contributed by atoms with E-state index in [1.54, 1.807) is 0 Å². The summed E-state index contributed by atoms with van der Waals surface area (Å²) in [5.41, 5.74) is 3.02. The first-order valence-electron chi connectivity index (χ1n) is 6.14. The van der Waals surface area contributed by atoms with Crippen LogP contribution in [0.25, 0.3) is 0 Å². The van der Waals surface area contributed by atoms with Crippen LogP contribution in [0.4, 0.5) is 0 Å². The summed E-state index contributed by atoms with van der Waals surface area (Å²) in [5.74, 6) is 0.139. The van der Waals surface area contributed by atoms with Crippen molar-refractivity contribution in [1.29, 1.82) is 0 Å². The highest BCUT2D eigenvalue weighted by molar-refractivity contribution is 5.95. The lowest BCUT2D eigenvalue weighted by molar-refractivity contribution is 0.0743. The first-order valence-corrected chi connectivity index (χ1v) is 6.14. The van der Waals surface area contributed by atoms with Crippen molar-refractivity contribution in [3.8, 4) is 0 Å². The molecule has 3 heteroatoms. The van der Waals surface area contributed by atoms with Crippen molar-refractivity contribution in [3.05, 3.63) is 34.9 Å². The first-order chi connectivity index (χ1) is 8.09. The molecule has 1 amide bonds. The summed E-state index contributed by atoms with van der Waals surface area (Å²) in [6, 6.07) is 6.38. The van der Waals surface area contributed by atoms with Crippen LogP contribution >= 0.6 is 0 Å². The average Bonchev–Trinajstić information content (AvgIpc) is 2.84. The van der Waals surface area contributed by atoms with E-state index in [2.05, 4.69) is 5.32 Å². The van der Waals surface area contributed by atoms with Crippen LogP contribution < -0.4 is 5.32 Å². The van der Waals surface area contributed by atoms with Gasteiger partial charge in [0.15, 0.2) is 0 Å². The van der Waals surface area contributed by atoms with Gasteiger partial charge in [0.2, 0.25) is 0 Å². The number of carbonyl (C=O) groups excluding carboxylic acids is 1. The molecule has 1 atom stereocenters. The topological polar surface area (TPSA) is 32.3 Å². The van der Waals surface area contributed by atoms with Crippen LogP contribution in [-0.2, 0) is 0 Å². The molecule has 1 aromatic rings. The molecule has 0 saturated carbocycles. The van der Waals surface area contributed by atoms with E-state index in [1.807, 2.05) is 44.0 Å². The summed E-state index contributed by atoms with van der Waals surface area (Å²) in [6.07, 6.45) is 1.05. The molecule has 0 bridgehead atoms. The average molecular weight is 232 g/mol. The van der Waals surface area contributed by atoms with Crippen molar-refractivity contribution in [2.45, 2.75) is 26.3 Å². The lowest BCUT2D eigenvalue weighted by Crippen LogP contribution is -2.38. The number of aryl methyl sites for hydroxylation is 2. The Bertz CT molecular complexity index is 422. The van der Waals surface area contributed by atoms with Gasteiger partial charge in [-0.1, -0.05) is 17.7 Å². The third-order valence-electron chi connectivity index (χ3n) is 3.53. The zero-order valence-corrected chi connectivity index (χ0v) is 10.8. The number of nitrogens with one attached hydrogen (secondary N) is 1. The SMILES string of the molecule is Cc1ccc(C)c(C(=O)N(C)C2CCNC2)c1. The smallest absolute Gasteiger partial charge is 0.254 e. The Labute approximate surface area is 103 Å². The van der Waals surface area contributed by atoms with Crippen LogP contribution in [0.2, 0.25) is 0 Å². The number of likely N-dealkylation sites (N-methyl/N-ethyl adjacent to an activating group) is 1. The molecule has 0 spiro atoms. The molecular weight excluding hydrogens is 212 g/mol. The predicted molar refractivity (Wildman–Crippen MR) is 69.3 cm³/mol. The molecule has 1 saturated heterocycles. The number of nitrogens with zero attached hydrogens (tertiary/aromatic N) is 1. The van der Waals surface area contributed by atoms with Crippen molar-refractivity contribution in [3.63, 3.8) is 0 Å². The third kappa shape index (κ3) is 2.50. The number of benzene rings is 1. The minimum absolute atomic E-state index is 0.139. The molecule has 3 nitrogen and oxygen atoms in total. The third-order valence-corrected chi connectivity index (χ3v) is 3.53. The number of rotatable bonds is 2. The Hall–Kier alpha value is -1.35. The van der Waals surface area contributed by atoms with E-state index >= 15 is 0 Å². The summed E-state index contributed by atoms with van der Waals surface area (Å²) in [6.45, 7) is 5.93. The molecule has 0 aromatic heterocycles. The van der Waals surface area contributed by atoms with Gasteiger partial charge in [0.05, 0.1) is 0 Å². The Kier molecular flexibility index (Phi) is 3.48. The maximum Gasteiger partial charge on any atom is 0.254 e. The van der Waals surface area contributed by atoms with E-state index in [4.69, 9.17) is 0 Å². The van der Waals surface area contributed by atoms with Crippen molar-refractivity contribution in [2.24, 2.45) is 0 Å². The molecule has 2 rings (SSSR count). The van der Waals surface area contributed by atoms with Crippen LogP contribution in [0.1, 0.15) is 27.9 Å². The predicted octanol–water partition coefficient (Wildman–Crippen LogP) is 1.74. The minimum Gasteiger partial charge on any atom is -0.337 e. The highest BCUT2D eigenvalue weighted by atomic mass is 16.2. The maximum atomic E-state index is 12.4. The number of amides is 1. The van der Waals surface area contributed by atoms with E-state index in [-0.39, 0.29) is 5.91 Å². The molecule has 1 heterocycles. The van der Waals surface area contributed by atoms with Crippen molar-refractivity contribution >= 4 is 5.91 Å². The van der Waals surface area contributed by atoms with Gasteiger partial charge in [0.25, 0.3) is 5.91 Å². The molecule has 92 valence electrons. The zero-order valence-electron chi connectivity index (χ0n) is 10.8. The molecule has 1 aromatic carbocycles. The van der Waals surface area contributed by atoms with Gasteiger partial charge in [0.1, 0.15) is 0 Å². The van der Waals surface area contributed by atoms with Crippen LogP contribution in [0.15, 0.2) is 18.2 Å². The summed E-state index contributed by atoms with van der Waals surface area (Å²) >= 11 is 0. The Morgan fingerprint density at radius 2 is 2.18 bits per heavy atom. The second-order valence-electron chi connectivity index (χ2n) is 4.88. The summed E-state index contributed by atoms with van der Waals surface area (Å²) in [5, 5.41) is 3.29. The number of hydrogen-bond donors (Lipinski definition) is 1. The minimum atomic E-state index is 0.139. The van der Waals surface area contributed by atoms with Gasteiger partial charge >= 0.3 is 0 Å². The van der Waals surface area contributed by atoms with Crippen LogP contribution in [0.5, 0.6) is 0 Å². The van der Waals surface area contributed by atoms with E-state index in [1.165, 1.54) is 0 Å². The standard InChI is InChI=1S/C14H20N2O/c1-10-4-5-11(2)13(8-10)14(17)16(3)12-6-7-15-9-12/h4-5,8,12,15H,6-7,9H2,1-3H3. The van der Waals surface area contributed by atoms with Gasteiger partial charge in [-0.25, -0.2) is 0 Å². The Balaban J connectivity index is 2.20. The summed E-state index contributed by atoms with van der Waals surface area (Å²) < 4.78 is 0. The van der Waals surface area contributed by atoms with E-state index in [0.717, 1.165) is 36.2 Å². The Morgan fingerprint density at radius 3 is 2.82 bits per heavy atom. The first kappa shape index (κ1) is 12.1. The maximum absolute atomic E-state index is 12.4. The number of hydrogen-bond acceptors (Lipinski definition) is 2. The van der Waals surface area contributed by atoms with Crippen molar-refractivity contribution in [1.82, 2.24) is 10.2 Å². The zero-order chi connectivity index (χ0) is 12.4. The molecule has 0 radical (unpaired) electrons. The van der Waals surface area contributed by atoms with E-state index < -0.39 is 0 Å². The van der Waals surface area contributed by atoms with Gasteiger partial charge < -0.3 is 10.2 Å². The molecule has 0 aliphatic carbocycles. The molecule has 1 N–H and O–H groups in total. The lowest BCUT2D eigenvalue weighted by atomic mass is 10.0. The molecule has 1 aliphatic heterocycles. The van der Waals surface area contributed by atoms with Gasteiger partial charge in [0, 0.05) is 25.2 Å². The quantitative estimate of drug-likeness (QED) is 0.842. The fourth-order valence-corrected chi connectivity index (χ4v) is 2.29. The Morgan fingerprint density at radius 1 is 1.41 bits per heavy atom. The van der Waals surface area contributed by atoms with Gasteiger partial charge in [-0.05, 0) is 38.4 Å². The van der Waals surface area contributed by atoms with E-state index in [9.17, 15) is 4.79 Å². The van der Waals surface area contributed by atoms with Crippen LogP contribution in [-0.4, -0.2) is 37.0 Å². The molecule has 1 fully saturated rings. The molecule has 1 aliphatic rings. The monoisotopic (exact) mass is 232 g/mol. The highest BCUT2D eigenvalue weighted by Gasteiger charge is 2.24. The highest BCUT2D eigenvalue weighted by Crippen LogP contribution is 2.16. The summed E-state index contributed by atoms with van der Waals surface area (Å²) in [7, 11) is 1.90. The van der Waals surface area contributed by atoms with Gasteiger partial charge in [-0.2, -0.15) is 0 Å². The molecular formula is C14H20N2O. The second kappa shape index (κ2) is 4.88. The van der Waals surface area contributed by atoms with E-state index in [0.29, 0.717) is 6.04 Å². The van der Waals surface area contributed by atoms with Crippen LogP contribution in [0.3, 0.4) is 0 Å². The lowest BCUT2D eigenvalue weighted by Gasteiger charge is -2.24. The van der Waals surface area contributed by atoms with Gasteiger partial charge in [-0.3, -0.25) is 4.79 Å². The summed E-state index contributed by atoms with van der Waals surface area (Å²) in [4.78, 5) is 14.3.